The van der Waals surface area contributed by atoms with Crippen molar-refractivity contribution in [3.8, 4) is 11.5 Å². The van der Waals surface area contributed by atoms with Gasteiger partial charge in [0.05, 0.1) is 6.61 Å². The molecule has 0 unspecified atom stereocenters. The Morgan fingerprint density at radius 1 is 1.24 bits per heavy atom. The van der Waals surface area contributed by atoms with Crippen molar-refractivity contribution >= 4 is 28.8 Å². The van der Waals surface area contributed by atoms with Crippen LogP contribution in [0.1, 0.15) is 23.0 Å². The van der Waals surface area contributed by atoms with Crippen LogP contribution in [0.25, 0.3) is 10.9 Å². The van der Waals surface area contributed by atoms with Gasteiger partial charge in [-0.05, 0) is 36.8 Å². The zero-order chi connectivity index (χ0) is 17.2. The lowest BCUT2D eigenvalue weighted by Gasteiger charge is -2.01. The lowest BCUT2D eigenvalue weighted by atomic mass is 10.2. The molecule has 3 aromatic rings. The van der Waals surface area contributed by atoms with Crippen molar-refractivity contribution in [1.82, 2.24) is 4.98 Å². The van der Waals surface area contributed by atoms with E-state index in [1.165, 1.54) is 0 Å². The number of H-pyrrole nitrogens is 1. The predicted molar refractivity (Wildman–Crippen MR) is 94.1 cm³/mol. The first-order valence-electron chi connectivity index (χ1n) is 7.98. The lowest BCUT2D eigenvalue weighted by Crippen LogP contribution is -2.05. The fourth-order valence-electron chi connectivity index (χ4n) is 2.74. The molecule has 2 heterocycles. The van der Waals surface area contributed by atoms with E-state index in [-0.39, 0.29) is 6.79 Å². The number of hydrogen-bond donors (Lipinski definition) is 1. The minimum absolute atomic E-state index is 0.228. The molecule has 0 saturated carbocycles. The van der Waals surface area contributed by atoms with Crippen molar-refractivity contribution in [3.63, 3.8) is 0 Å². The normalized spacial score (nSPS) is 12.8. The van der Waals surface area contributed by atoms with Crippen LogP contribution in [-0.4, -0.2) is 30.6 Å². The standard InChI is InChI=1S/C19H16N2O4/c1-2-23-19(22)18-17(13-5-3-4-6-14(13)21-18)20-10-12-7-8-15-16(9-12)25-11-24-15/h3-10,21H,2,11H2,1H3. The number of aromatic nitrogens is 1. The molecule has 0 bridgehead atoms. The number of rotatable bonds is 4. The fourth-order valence-corrected chi connectivity index (χ4v) is 2.74. The van der Waals surface area contributed by atoms with E-state index in [0.717, 1.165) is 22.2 Å². The number of benzene rings is 2. The molecule has 0 spiro atoms. The number of ether oxygens (including phenoxy) is 3. The zero-order valence-electron chi connectivity index (χ0n) is 13.6. The number of aromatic amines is 1. The van der Waals surface area contributed by atoms with Crippen molar-refractivity contribution in [3.05, 3.63) is 53.7 Å². The number of hydrogen-bond acceptors (Lipinski definition) is 5. The second-order valence-corrected chi connectivity index (χ2v) is 5.49. The van der Waals surface area contributed by atoms with E-state index in [1.54, 1.807) is 13.1 Å². The summed E-state index contributed by atoms with van der Waals surface area (Å²) in [5, 5.41) is 0.863. The molecular formula is C19H16N2O4. The highest BCUT2D eigenvalue weighted by molar-refractivity contribution is 6.06. The van der Waals surface area contributed by atoms with Gasteiger partial charge in [-0.2, -0.15) is 0 Å². The smallest absolute Gasteiger partial charge is 0.357 e. The minimum atomic E-state index is -0.420. The summed E-state index contributed by atoms with van der Waals surface area (Å²) in [7, 11) is 0. The number of nitrogens with zero attached hydrogens (tertiary/aromatic N) is 1. The van der Waals surface area contributed by atoms with Crippen LogP contribution in [-0.2, 0) is 4.74 Å². The van der Waals surface area contributed by atoms with Gasteiger partial charge in [-0.3, -0.25) is 4.99 Å². The second kappa shape index (κ2) is 6.32. The molecule has 0 aliphatic carbocycles. The molecule has 25 heavy (non-hydrogen) atoms. The molecule has 4 rings (SSSR count). The van der Waals surface area contributed by atoms with Crippen LogP contribution >= 0.6 is 0 Å². The average Bonchev–Trinajstić information content (AvgIpc) is 3.24. The van der Waals surface area contributed by atoms with Gasteiger partial charge in [-0.15, -0.1) is 0 Å². The molecule has 6 heteroatoms. The van der Waals surface area contributed by atoms with E-state index in [2.05, 4.69) is 9.98 Å². The Balaban J connectivity index is 1.74. The fraction of sp³-hybridized carbons (Fsp3) is 0.158. The Morgan fingerprint density at radius 3 is 2.96 bits per heavy atom. The molecule has 0 saturated heterocycles. The molecule has 126 valence electrons. The number of aliphatic imine (C=N–C) groups is 1. The Hall–Kier alpha value is -3.28. The summed E-state index contributed by atoms with van der Waals surface area (Å²) in [5.41, 5.74) is 2.60. The Bertz CT molecular complexity index is 975. The number of esters is 1. The lowest BCUT2D eigenvalue weighted by molar-refractivity contribution is 0.0521. The molecule has 0 amide bonds. The quantitative estimate of drug-likeness (QED) is 0.580. The van der Waals surface area contributed by atoms with E-state index in [1.807, 2.05) is 42.5 Å². The van der Waals surface area contributed by atoms with Crippen LogP contribution in [0.2, 0.25) is 0 Å². The summed E-state index contributed by atoms with van der Waals surface area (Å²) in [6, 6.07) is 13.2. The maximum Gasteiger partial charge on any atom is 0.357 e. The van der Waals surface area contributed by atoms with Gasteiger partial charge in [0.15, 0.2) is 17.2 Å². The molecular weight excluding hydrogens is 320 g/mol. The zero-order valence-corrected chi connectivity index (χ0v) is 13.6. The van der Waals surface area contributed by atoms with Crippen LogP contribution < -0.4 is 9.47 Å². The third kappa shape index (κ3) is 2.82. The van der Waals surface area contributed by atoms with Gasteiger partial charge in [-0.25, -0.2) is 4.79 Å². The first kappa shape index (κ1) is 15.3. The van der Waals surface area contributed by atoms with Crippen molar-refractivity contribution < 1.29 is 19.0 Å². The van der Waals surface area contributed by atoms with E-state index >= 15 is 0 Å². The molecule has 1 aliphatic heterocycles. The largest absolute Gasteiger partial charge is 0.461 e. The van der Waals surface area contributed by atoms with Crippen LogP contribution in [0.4, 0.5) is 5.69 Å². The molecule has 0 fully saturated rings. The van der Waals surface area contributed by atoms with Crippen molar-refractivity contribution in [2.24, 2.45) is 4.99 Å². The van der Waals surface area contributed by atoms with Crippen LogP contribution in [0.15, 0.2) is 47.5 Å². The topological polar surface area (TPSA) is 72.9 Å². The monoisotopic (exact) mass is 336 g/mol. The highest BCUT2D eigenvalue weighted by Gasteiger charge is 2.18. The van der Waals surface area contributed by atoms with E-state index in [4.69, 9.17) is 14.2 Å². The van der Waals surface area contributed by atoms with Gasteiger partial charge < -0.3 is 19.2 Å². The van der Waals surface area contributed by atoms with Gasteiger partial charge in [0.2, 0.25) is 6.79 Å². The maximum atomic E-state index is 12.2. The van der Waals surface area contributed by atoms with E-state index in [9.17, 15) is 4.79 Å². The van der Waals surface area contributed by atoms with Gasteiger partial charge in [-0.1, -0.05) is 18.2 Å². The summed E-state index contributed by atoms with van der Waals surface area (Å²) >= 11 is 0. The first-order valence-corrected chi connectivity index (χ1v) is 7.98. The summed E-state index contributed by atoms with van der Waals surface area (Å²) in [6.07, 6.45) is 1.69. The van der Waals surface area contributed by atoms with E-state index in [0.29, 0.717) is 23.7 Å². The SMILES string of the molecule is CCOC(=O)c1[nH]c2ccccc2c1N=Cc1ccc2c(c1)OCO2. The third-order valence-corrected chi connectivity index (χ3v) is 3.90. The molecule has 2 aromatic carbocycles. The minimum Gasteiger partial charge on any atom is -0.461 e. The third-order valence-electron chi connectivity index (χ3n) is 3.90. The van der Waals surface area contributed by atoms with E-state index < -0.39 is 5.97 Å². The van der Waals surface area contributed by atoms with Gasteiger partial charge in [0, 0.05) is 17.1 Å². The highest BCUT2D eigenvalue weighted by atomic mass is 16.7. The van der Waals surface area contributed by atoms with Gasteiger partial charge >= 0.3 is 5.97 Å². The molecule has 0 radical (unpaired) electrons. The van der Waals surface area contributed by atoms with Crippen molar-refractivity contribution in [1.29, 1.82) is 0 Å². The Kier molecular flexibility index (Phi) is 3.85. The first-order chi connectivity index (χ1) is 12.3. The summed E-state index contributed by atoms with van der Waals surface area (Å²) in [6.45, 7) is 2.31. The van der Waals surface area contributed by atoms with Gasteiger partial charge in [0.1, 0.15) is 5.69 Å². The second-order valence-electron chi connectivity index (χ2n) is 5.49. The van der Waals surface area contributed by atoms with Crippen LogP contribution in [0, 0.1) is 0 Å². The molecule has 1 aromatic heterocycles. The van der Waals surface area contributed by atoms with Crippen molar-refractivity contribution in [2.45, 2.75) is 6.92 Å². The molecule has 1 N–H and O–H groups in total. The van der Waals surface area contributed by atoms with Gasteiger partial charge in [0.25, 0.3) is 0 Å². The summed E-state index contributed by atoms with van der Waals surface area (Å²) < 4.78 is 15.8. The summed E-state index contributed by atoms with van der Waals surface area (Å²) in [4.78, 5) is 19.9. The Labute approximate surface area is 144 Å². The Morgan fingerprint density at radius 2 is 2.08 bits per heavy atom. The number of carbonyl (C=O) groups is 1. The maximum absolute atomic E-state index is 12.2. The number of nitrogens with one attached hydrogen (secondary N) is 1. The highest BCUT2D eigenvalue weighted by Crippen LogP contribution is 2.33. The van der Waals surface area contributed by atoms with Crippen LogP contribution in [0.5, 0.6) is 11.5 Å². The van der Waals surface area contributed by atoms with Crippen molar-refractivity contribution in [2.75, 3.05) is 13.4 Å². The molecule has 1 aliphatic rings. The number of carbonyl (C=O) groups excluding carboxylic acids is 1. The predicted octanol–water partition coefficient (Wildman–Crippen LogP) is 3.82. The molecule has 0 atom stereocenters. The average molecular weight is 336 g/mol. The van der Waals surface area contributed by atoms with Crippen LogP contribution in [0.3, 0.4) is 0 Å². The number of para-hydroxylation sites is 1. The summed E-state index contributed by atoms with van der Waals surface area (Å²) in [5.74, 6) is 0.987. The number of fused-ring (bicyclic) bond motifs is 2. The molecule has 6 nitrogen and oxygen atoms in total.